The quantitative estimate of drug-likeness (QED) is 0.200. The molecule has 0 aromatic carbocycles. The lowest BCUT2D eigenvalue weighted by molar-refractivity contribution is -0.297. The van der Waals surface area contributed by atoms with Gasteiger partial charge < -0.3 is 27.0 Å². The minimum atomic E-state index is -4.44. The van der Waals surface area contributed by atoms with Crippen LogP contribution in [-0.2, 0) is 26.7 Å². The van der Waals surface area contributed by atoms with Gasteiger partial charge in [0.1, 0.15) is 0 Å². The van der Waals surface area contributed by atoms with Crippen molar-refractivity contribution in [3.8, 4) is 0 Å². The number of carbonyl (C=O) groups is 2. The second-order valence-electron chi connectivity index (χ2n) is 10.1. The van der Waals surface area contributed by atoms with Crippen LogP contribution in [0.1, 0.15) is 12.8 Å². The third-order valence-corrected chi connectivity index (χ3v) is 17.9. The zero-order chi connectivity index (χ0) is 25.6. The molecule has 0 heterocycles. The smallest absolute Gasteiger partial charge is 0.466 e. The Balaban J connectivity index is 5.63. The molecule has 0 aliphatic carbocycles. The fourth-order valence-corrected chi connectivity index (χ4v) is 19.7. The minimum Gasteiger partial charge on any atom is -0.545 e. The number of rotatable bonds is 13. The number of carboxylic acids is 1. The second-order valence-corrected chi connectivity index (χ2v) is 26.8. The van der Waals surface area contributed by atoms with Crippen LogP contribution in [0.5, 0.6) is 0 Å². The van der Waals surface area contributed by atoms with E-state index < -0.39 is 63.8 Å². The van der Waals surface area contributed by atoms with Crippen molar-refractivity contribution in [1.82, 2.24) is 0 Å². The predicted octanol–water partition coefficient (Wildman–Crippen LogP) is 4.04. The Hall–Kier alpha value is -0.782. The minimum absolute atomic E-state index is 0.0893. The van der Waals surface area contributed by atoms with E-state index in [9.17, 15) is 27.9 Å². The fourth-order valence-electron chi connectivity index (χ4n) is 3.20. The maximum Gasteiger partial charge on any atom is 0.466 e. The van der Waals surface area contributed by atoms with Crippen LogP contribution >= 0.6 is 0 Å². The highest BCUT2D eigenvalue weighted by atomic mass is 28.5. The summed E-state index contributed by atoms with van der Waals surface area (Å²) in [6, 6.07) is 0. The van der Waals surface area contributed by atoms with Gasteiger partial charge in [-0.2, -0.15) is 13.2 Å². The molecule has 32 heavy (non-hydrogen) atoms. The summed E-state index contributed by atoms with van der Waals surface area (Å²) in [7, 11) is -10.6. The van der Waals surface area contributed by atoms with Crippen LogP contribution in [0.15, 0.2) is 12.2 Å². The number of carboxylic acid groups (broad SMARTS) is 1. The molecule has 0 radical (unpaired) electrons. The molecule has 0 saturated heterocycles. The van der Waals surface area contributed by atoms with Gasteiger partial charge in [-0.25, -0.2) is 4.79 Å². The molecule has 14 heteroatoms. The molecule has 0 aromatic rings. The Bertz CT molecular complexity index is 655. The topological polar surface area (TPSA) is 94.1 Å². The normalized spacial score (nSPS) is 15.1. The van der Waals surface area contributed by atoms with E-state index in [1.165, 1.54) is 0 Å². The van der Waals surface area contributed by atoms with Crippen LogP contribution in [0.25, 0.3) is 0 Å². The van der Waals surface area contributed by atoms with E-state index in [2.05, 4.69) is 0 Å². The van der Waals surface area contributed by atoms with Gasteiger partial charge in [-0.1, -0.05) is 0 Å². The first-order valence-corrected chi connectivity index (χ1v) is 22.3. The van der Waals surface area contributed by atoms with Crippen LogP contribution in [-0.4, -0.2) is 58.5 Å². The molecule has 0 aromatic heterocycles. The first kappa shape index (κ1) is 31.2. The average molecular weight is 534 g/mol. The Morgan fingerprint density at radius 1 is 0.875 bits per heavy atom. The van der Waals surface area contributed by atoms with Crippen molar-refractivity contribution in [2.24, 2.45) is 0 Å². The van der Waals surface area contributed by atoms with E-state index in [4.69, 9.17) is 17.1 Å². The van der Waals surface area contributed by atoms with E-state index in [0.717, 1.165) is 0 Å². The SMILES string of the molecule is C[Si](C)(C)O[Si](C)(O[Si](C)(C)C)O[Si](C)(C)C(CCOC(=O)C=CC(=O)[O-])CC(F)(F)F. The summed E-state index contributed by atoms with van der Waals surface area (Å²) in [6.45, 7) is 16.6. The highest BCUT2D eigenvalue weighted by Crippen LogP contribution is 2.40. The lowest BCUT2D eigenvalue weighted by atomic mass is 10.2. The summed E-state index contributed by atoms with van der Waals surface area (Å²) in [4.78, 5) is 21.9. The predicted molar refractivity (Wildman–Crippen MR) is 123 cm³/mol. The van der Waals surface area contributed by atoms with Crippen molar-refractivity contribution in [3.63, 3.8) is 0 Å². The summed E-state index contributed by atoms with van der Waals surface area (Å²) >= 11 is 0. The van der Waals surface area contributed by atoms with E-state index >= 15 is 0 Å². The zero-order valence-corrected chi connectivity index (χ0v) is 24.3. The van der Waals surface area contributed by atoms with Gasteiger partial charge in [-0.05, 0) is 70.4 Å². The van der Waals surface area contributed by atoms with Crippen molar-refractivity contribution < 1.29 is 44.9 Å². The molecule has 0 aliphatic rings. The Labute approximate surface area is 193 Å². The molecule has 1 unspecified atom stereocenters. The molecule has 0 aliphatic heterocycles. The first-order valence-electron chi connectivity index (χ1n) is 10.3. The number of alkyl halides is 3. The van der Waals surface area contributed by atoms with Gasteiger partial charge in [0, 0.05) is 19.0 Å². The Morgan fingerprint density at radius 2 is 1.34 bits per heavy atom. The van der Waals surface area contributed by atoms with Gasteiger partial charge in [0.15, 0.2) is 25.0 Å². The molecule has 1 atom stereocenters. The third kappa shape index (κ3) is 15.1. The highest BCUT2D eigenvalue weighted by Gasteiger charge is 2.51. The molecule has 0 N–H and O–H groups in total. The van der Waals surface area contributed by atoms with Crippen LogP contribution in [0.4, 0.5) is 13.2 Å². The van der Waals surface area contributed by atoms with Gasteiger partial charge in [-0.15, -0.1) is 0 Å². The van der Waals surface area contributed by atoms with Crippen LogP contribution in [0.3, 0.4) is 0 Å². The van der Waals surface area contributed by atoms with Crippen LogP contribution < -0.4 is 5.11 Å². The van der Waals surface area contributed by atoms with E-state index in [-0.39, 0.29) is 13.0 Å². The van der Waals surface area contributed by atoms with Gasteiger partial charge in [0.25, 0.3) is 0 Å². The standard InChI is InChI=1S/C18H37F3O7Si4/c1-29(2,3)26-32(9,27-30(4,5)6)28-31(7,8)15(14-18(19,20)21)12-13-25-17(24)11-10-16(22)23/h10-11,15H,12-14H2,1-9H3,(H,22,23)/p-1. The van der Waals surface area contributed by atoms with E-state index in [1.807, 2.05) is 39.3 Å². The van der Waals surface area contributed by atoms with Gasteiger partial charge in [0.2, 0.25) is 0 Å². The molecular formula is C18H36F3O7Si4-. The Kier molecular flexibility index (Phi) is 11.3. The maximum absolute atomic E-state index is 13.3. The zero-order valence-electron chi connectivity index (χ0n) is 20.3. The molecule has 188 valence electrons. The molecule has 0 fully saturated rings. The summed E-state index contributed by atoms with van der Waals surface area (Å²) < 4.78 is 63.8. The molecule has 0 saturated carbocycles. The summed E-state index contributed by atoms with van der Waals surface area (Å²) in [5.74, 6) is -2.54. The van der Waals surface area contributed by atoms with Crippen LogP contribution in [0, 0.1) is 0 Å². The summed E-state index contributed by atoms with van der Waals surface area (Å²) in [5.41, 5.74) is -0.928. The second kappa shape index (κ2) is 11.6. The maximum atomic E-state index is 13.3. The number of aliphatic carboxylic acids is 1. The number of halogens is 3. The van der Waals surface area contributed by atoms with E-state index in [0.29, 0.717) is 12.2 Å². The van der Waals surface area contributed by atoms with Crippen molar-refractivity contribution in [3.05, 3.63) is 12.2 Å². The summed E-state index contributed by atoms with van der Waals surface area (Å²) in [6.07, 6.45) is -4.47. The molecule has 0 bridgehead atoms. The van der Waals surface area contributed by atoms with Crippen molar-refractivity contribution in [1.29, 1.82) is 0 Å². The highest BCUT2D eigenvalue weighted by molar-refractivity contribution is 6.90. The molecular weight excluding hydrogens is 498 g/mol. The largest absolute Gasteiger partial charge is 0.545 e. The number of hydrogen-bond acceptors (Lipinski definition) is 7. The first-order chi connectivity index (χ1) is 14.0. The number of ether oxygens (including phenoxy) is 1. The third-order valence-electron chi connectivity index (χ3n) is 3.96. The van der Waals surface area contributed by atoms with E-state index in [1.54, 1.807) is 19.6 Å². The lowest BCUT2D eigenvalue weighted by Gasteiger charge is -2.44. The fraction of sp³-hybridized carbons (Fsp3) is 0.778. The van der Waals surface area contributed by atoms with Gasteiger partial charge >= 0.3 is 21.0 Å². The van der Waals surface area contributed by atoms with Gasteiger partial charge in [0.05, 0.1) is 12.6 Å². The lowest BCUT2D eigenvalue weighted by Crippen LogP contribution is -2.60. The summed E-state index contributed by atoms with van der Waals surface area (Å²) in [5, 5.41) is 10.3. The average Bonchev–Trinajstić information content (AvgIpc) is 2.45. The van der Waals surface area contributed by atoms with Crippen molar-refractivity contribution in [2.45, 2.75) is 83.5 Å². The van der Waals surface area contributed by atoms with Crippen molar-refractivity contribution >= 4 is 45.7 Å². The molecule has 7 nitrogen and oxygen atoms in total. The number of esters is 1. The molecule has 0 amide bonds. The Morgan fingerprint density at radius 3 is 1.72 bits per heavy atom. The monoisotopic (exact) mass is 533 g/mol. The molecule has 0 spiro atoms. The molecule has 0 rings (SSSR count). The van der Waals surface area contributed by atoms with Crippen LogP contribution in [0.2, 0.25) is 64.5 Å². The number of hydrogen-bond donors (Lipinski definition) is 0. The van der Waals surface area contributed by atoms with Crippen molar-refractivity contribution in [2.75, 3.05) is 6.61 Å². The number of carbonyl (C=O) groups excluding carboxylic acids is 2. The van der Waals surface area contributed by atoms with Gasteiger partial charge in [-0.3, -0.25) is 0 Å².